The van der Waals surface area contributed by atoms with Gasteiger partial charge in [0.1, 0.15) is 0 Å². The van der Waals surface area contributed by atoms with Crippen molar-refractivity contribution < 1.29 is 9.47 Å². The average molecular weight is 235 g/mol. The number of nitrogens with zero attached hydrogens (tertiary/aromatic N) is 2. The molecular weight excluding hydrogens is 218 g/mol. The Morgan fingerprint density at radius 2 is 2.35 bits per heavy atom. The maximum Gasteiger partial charge on any atom is 0.233 e. The van der Waals surface area contributed by atoms with Crippen LogP contribution in [0.2, 0.25) is 0 Å². The van der Waals surface area contributed by atoms with E-state index in [1.165, 1.54) is 0 Å². The summed E-state index contributed by atoms with van der Waals surface area (Å²) in [5.74, 6) is 0.531. The first kappa shape index (κ1) is 10.9. The highest BCUT2D eigenvalue weighted by atomic mass is 16.5. The van der Waals surface area contributed by atoms with E-state index < -0.39 is 0 Å². The van der Waals surface area contributed by atoms with Crippen molar-refractivity contribution in [2.75, 3.05) is 7.11 Å². The molecule has 2 aliphatic rings. The van der Waals surface area contributed by atoms with Crippen LogP contribution in [-0.4, -0.2) is 35.1 Å². The Morgan fingerprint density at radius 1 is 1.47 bits per heavy atom. The molecule has 0 spiro atoms. The van der Waals surface area contributed by atoms with Gasteiger partial charge in [0.25, 0.3) is 0 Å². The lowest BCUT2D eigenvalue weighted by atomic mass is 9.79. The summed E-state index contributed by atoms with van der Waals surface area (Å²) >= 11 is 0. The number of aromatic nitrogens is 2. The van der Waals surface area contributed by atoms with Crippen molar-refractivity contribution in [1.82, 2.24) is 10.2 Å². The number of hydrogen-bond acceptors (Lipinski definition) is 5. The van der Waals surface area contributed by atoms with Gasteiger partial charge in [0, 0.05) is 12.5 Å². The Hall–Kier alpha value is -1.20. The normalized spacial score (nSPS) is 35.2. The van der Waals surface area contributed by atoms with E-state index in [-0.39, 0.29) is 11.6 Å². The van der Waals surface area contributed by atoms with Gasteiger partial charge in [-0.05, 0) is 25.3 Å². The highest BCUT2D eigenvalue weighted by Gasteiger charge is 2.50. The fourth-order valence-electron chi connectivity index (χ4n) is 2.91. The first-order valence-corrected chi connectivity index (χ1v) is 6.00. The Bertz CT molecular complexity index is 409. The van der Waals surface area contributed by atoms with Crippen LogP contribution in [0.25, 0.3) is 0 Å². The van der Waals surface area contributed by atoms with Gasteiger partial charge in [-0.3, -0.25) is 0 Å². The maximum absolute atomic E-state index is 6.42. The smallest absolute Gasteiger partial charge is 0.233 e. The summed E-state index contributed by atoms with van der Waals surface area (Å²) in [6.07, 6.45) is 4.44. The second-order valence-electron chi connectivity index (χ2n) is 5.01. The summed E-state index contributed by atoms with van der Waals surface area (Å²) < 4.78 is 10.8. The minimum absolute atomic E-state index is 0.191. The van der Waals surface area contributed by atoms with Crippen molar-refractivity contribution in [2.45, 2.75) is 43.4 Å². The Balaban J connectivity index is 1.73. The molecule has 5 nitrogen and oxygen atoms in total. The fraction of sp³-hybridized carbons (Fsp3) is 0.667. The lowest BCUT2D eigenvalue weighted by Gasteiger charge is -2.30. The number of methoxy groups -OCH3 is 1. The number of nitrogens with two attached hydrogens (primary N) is 1. The van der Waals surface area contributed by atoms with Crippen molar-refractivity contribution in [2.24, 2.45) is 5.73 Å². The highest BCUT2D eigenvalue weighted by Crippen LogP contribution is 2.41. The Kier molecular flexibility index (Phi) is 2.52. The van der Waals surface area contributed by atoms with E-state index in [4.69, 9.17) is 15.2 Å². The molecule has 92 valence electrons. The molecule has 3 unspecified atom stereocenters. The van der Waals surface area contributed by atoms with Crippen LogP contribution in [0.5, 0.6) is 5.88 Å². The van der Waals surface area contributed by atoms with Crippen molar-refractivity contribution in [3.05, 3.63) is 17.8 Å². The zero-order chi connectivity index (χ0) is 11.9. The summed E-state index contributed by atoms with van der Waals surface area (Å²) in [6.45, 7) is 0. The highest BCUT2D eigenvalue weighted by molar-refractivity contribution is 5.16. The van der Waals surface area contributed by atoms with Crippen molar-refractivity contribution in [3.8, 4) is 5.88 Å². The third-order valence-corrected chi connectivity index (χ3v) is 3.77. The van der Waals surface area contributed by atoms with Crippen LogP contribution >= 0.6 is 0 Å². The number of fused-ring (bicyclic) bond motifs is 2. The largest absolute Gasteiger partial charge is 0.480 e. The summed E-state index contributed by atoms with van der Waals surface area (Å²) in [4.78, 5) is 0. The quantitative estimate of drug-likeness (QED) is 0.834. The molecule has 3 rings (SSSR count). The summed E-state index contributed by atoms with van der Waals surface area (Å²) in [5.41, 5.74) is 7.07. The molecular formula is C12H17N3O2. The first-order chi connectivity index (χ1) is 8.19. The molecule has 2 bridgehead atoms. The van der Waals surface area contributed by atoms with Crippen LogP contribution in [0, 0.1) is 0 Å². The van der Waals surface area contributed by atoms with Crippen LogP contribution in [-0.2, 0) is 11.2 Å². The first-order valence-electron chi connectivity index (χ1n) is 6.00. The standard InChI is InChI=1S/C12H17N3O2/c1-16-11-5-2-8(14-15-11)6-12(13)7-9-3-4-10(12)17-9/h2,5,9-10H,3-4,6-7,13H2,1H3. The Morgan fingerprint density at radius 3 is 2.88 bits per heavy atom. The van der Waals surface area contributed by atoms with E-state index >= 15 is 0 Å². The van der Waals surface area contributed by atoms with Gasteiger partial charge in [-0.1, -0.05) is 0 Å². The SMILES string of the molecule is COc1ccc(CC2(N)CC3CCC2O3)nn1. The number of rotatable bonds is 3. The molecule has 0 amide bonds. The molecule has 2 saturated heterocycles. The van der Waals surface area contributed by atoms with E-state index in [9.17, 15) is 0 Å². The molecule has 5 heteroatoms. The molecule has 0 aromatic carbocycles. The lowest BCUT2D eigenvalue weighted by Crippen LogP contribution is -2.50. The average Bonchev–Trinajstić information content (AvgIpc) is 2.89. The van der Waals surface area contributed by atoms with Crippen LogP contribution < -0.4 is 10.5 Å². The zero-order valence-electron chi connectivity index (χ0n) is 9.93. The van der Waals surface area contributed by atoms with Crippen LogP contribution in [0.4, 0.5) is 0 Å². The van der Waals surface area contributed by atoms with Crippen molar-refractivity contribution >= 4 is 0 Å². The topological polar surface area (TPSA) is 70.3 Å². The summed E-state index contributed by atoms with van der Waals surface area (Å²) in [7, 11) is 1.58. The Labute approximate surface area is 100 Å². The molecule has 1 aromatic heterocycles. The van der Waals surface area contributed by atoms with Crippen LogP contribution in [0.3, 0.4) is 0 Å². The minimum atomic E-state index is -0.258. The van der Waals surface area contributed by atoms with Gasteiger partial charge in [-0.2, -0.15) is 5.10 Å². The predicted octanol–water partition coefficient (Wildman–Crippen LogP) is 0.676. The number of hydrogen-bond donors (Lipinski definition) is 1. The lowest BCUT2D eigenvalue weighted by molar-refractivity contribution is 0.0854. The number of ether oxygens (including phenoxy) is 2. The zero-order valence-corrected chi connectivity index (χ0v) is 9.93. The third kappa shape index (κ3) is 1.89. The van der Waals surface area contributed by atoms with Crippen molar-refractivity contribution in [1.29, 1.82) is 0 Å². The monoisotopic (exact) mass is 235 g/mol. The molecule has 0 saturated carbocycles. The second kappa shape index (κ2) is 3.92. The molecule has 17 heavy (non-hydrogen) atoms. The van der Waals surface area contributed by atoms with Gasteiger partial charge in [-0.15, -0.1) is 5.10 Å². The van der Waals surface area contributed by atoms with E-state index in [1.807, 2.05) is 12.1 Å². The van der Waals surface area contributed by atoms with Crippen LogP contribution in [0.1, 0.15) is 25.0 Å². The molecule has 0 aliphatic carbocycles. The van der Waals surface area contributed by atoms with E-state index in [2.05, 4.69) is 10.2 Å². The molecule has 1 aromatic rings. The van der Waals surface area contributed by atoms with Gasteiger partial charge in [-0.25, -0.2) is 0 Å². The van der Waals surface area contributed by atoms with Gasteiger partial charge < -0.3 is 15.2 Å². The maximum atomic E-state index is 6.42. The van der Waals surface area contributed by atoms with E-state index in [0.717, 1.165) is 31.4 Å². The summed E-state index contributed by atoms with van der Waals surface area (Å²) in [6, 6.07) is 3.74. The summed E-state index contributed by atoms with van der Waals surface area (Å²) in [5, 5.41) is 8.10. The third-order valence-electron chi connectivity index (χ3n) is 3.77. The van der Waals surface area contributed by atoms with E-state index in [1.54, 1.807) is 7.11 Å². The molecule has 0 radical (unpaired) electrons. The van der Waals surface area contributed by atoms with Gasteiger partial charge in [0.15, 0.2) is 0 Å². The fourth-order valence-corrected chi connectivity index (χ4v) is 2.91. The molecule has 2 N–H and O–H groups in total. The van der Waals surface area contributed by atoms with Gasteiger partial charge in [0.2, 0.25) is 5.88 Å². The van der Waals surface area contributed by atoms with E-state index in [0.29, 0.717) is 12.0 Å². The van der Waals surface area contributed by atoms with Crippen LogP contribution in [0.15, 0.2) is 12.1 Å². The minimum Gasteiger partial charge on any atom is -0.480 e. The molecule has 3 heterocycles. The predicted molar refractivity (Wildman–Crippen MR) is 61.7 cm³/mol. The molecule has 2 fully saturated rings. The van der Waals surface area contributed by atoms with Gasteiger partial charge in [0.05, 0.1) is 30.6 Å². The van der Waals surface area contributed by atoms with Crippen molar-refractivity contribution in [3.63, 3.8) is 0 Å². The molecule has 3 atom stereocenters. The second-order valence-corrected chi connectivity index (χ2v) is 5.01. The van der Waals surface area contributed by atoms with Gasteiger partial charge >= 0.3 is 0 Å². The molecule has 2 aliphatic heterocycles.